The van der Waals surface area contributed by atoms with Crippen molar-refractivity contribution >= 4 is 21.9 Å². The van der Waals surface area contributed by atoms with Crippen LogP contribution in [-0.2, 0) is 4.74 Å². The smallest absolute Gasteiger partial charge is 0.345 e. The molecule has 1 aromatic rings. The lowest BCUT2D eigenvalue weighted by atomic mass is 10.1. The molecule has 0 unspecified atom stereocenters. The SMILES string of the molecule is CC(C)(C)OC(=O)c1c(O)c(Br)cc(F)c1F. The third-order valence-electron chi connectivity index (χ3n) is 1.75. The van der Waals surface area contributed by atoms with E-state index in [1.54, 1.807) is 20.8 Å². The molecule has 0 fully saturated rings. The van der Waals surface area contributed by atoms with Gasteiger partial charge >= 0.3 is 5.97 Å². The van der Waals surface area contributed by atoms with Crippen molar-refractivity contribution in [2.45, 2.75) is 26.4 Å². The predicted molar refractivity (Wildman–Crippen MR) is 60.9 cm³/mol. The molecule has 17 heavy (non-hydrogen) atoms. The summed E-state index contributed by atoms with van der Waals surface area (Å²) in [5.74, 6) is -4.47. The van der Waals surface area contributed by atoms with Crippen LogP contribution < -0.4 is 0 Å². The summed E-state index contributed by atoms with van der Waals surface area (Å²) >= 11 is 2.81. The van der Waals surface area contributed by atoms with Crippen LogP contribution >= 0.6 is 15.9 Å². The van der Waals surface area contributed by atoms with Crippen LogP contribution in [0.3, 0.4) is 0 Å². The first kappa shape index (κ1) is 13.9. The molecular formula is C11H11BrF2O3. The molecule has 1 N–H and O–H groups in total. The summed E-state index contributed by atoms with van der Waals surface area (Å²) in [7, 11) is 0. The molecule has 0 aliphatic carbocycles. The average Bonchev–Trinajstić information content (AvgIpc) is 2.12. The van der Waals surface area contributed by atoms with Gasteiger partial charge in [0.2, 0.25) is 0 Å². The fourth-order valence-corrected chi connectivity index (χ4v) is 1.50. The zero-order valence-electron chi connectivity index (χ0n) is 9.47. The molecule has 6 heteroatoms. The molecule has 0 aliphatic heterocycles. The summed E-state index contributed by atoms with van der Waals surface area (Å²) in [5.41, 5.74) is -1.68. The van der Waals surface area contributed by atoms with Crippen molar-refractivity contribution < 1.29 is 23.4 Å². The molecular weight excluding hydrogens is 298 g/mol. The van der Waals surface area contributed by atoms with E-state index in [1.165, 1.54) is 0 Å². The summed E-state index contributed by atoms with van der Waals surface area (Å²) in [6.07, 6.45) is 0. The van der Waals surface area contributed by atoms with Crippen molar-refractivity contribution in [1.82, 2.24) is 0 Å². The number of benzene rings is 1. The Labute approximate surface area is 106 Å². The molecule has 0 aromatic heterocycles. The Bertz CT molecular complexity index is 441. The Hall–Kier alpha value is -1.17. The fraction of sp³-hybridized carbons (Fsp3) is 0.364. The van der Waals surface area contributed by atoms with Crippen molar-refractivity contribution in [1.29, 1.82) is 0 Å². The van der Waals surface area contributed by atoms with E-state index in [2.05, 4.69) is 15.9 Å². The number of phenols is 1. The molecule has 0 bridgehead atoms. The van der Waals surface area contributed by atoms with Gasteiger partial charge in [0.15, 0.2) is 11.6 Å². The lowest BCUT2D eigenvalue weighted by Crippen LogP contribution is -2.24. The Morgan fingerprint density at radius 3 is 2.41 bits per heavy atom. The van der Waals surface area contributed by atoms with Crippen LogP contribution in [0, 0.1) is 11.6 Å². The molecule has 1 rings (SSSR count). The van der Waals surface area contributed by atoms with Gasteiger partial charge in [-0.3, -0.25) is 0 Å². The normalized spacial score (nSPS) is 11.4. The zero-order valence-corrected chi connectivity index (χ0v) is 11.1. The van der Waals surface area contributed by atoms with E-state index in [4.69, 9.17) is 4.74 Å². The summed E-state index contributed by atoms with van der Waals surface area (Å²) in [6, 6.07) is 0.735. The van der Waals surface area contributed by atoms with Crippen molar-refractivity contribution in [3.8, 4) is 5.75 Å². The van der Waals surface area contributed by atoms with Gasteiger partial charge in [0.25, 0.3) is 0 Å². The summed E-state index contributed by atoms with van der Waals surface area (Å²) < 4.78 is 31.3. The van der Waals surface area contributed by atoms with E-state index in [1.807, 2.05) is 0 Å². The second-order valence-corrected chi connectivity index (χ2v) is 5.23. The molecule has 0 heterocycles. The number of phenolic OH excluding ortho intramolecular Hbond substituents is 1. The first-order chi connectivity index (χ1) is 7.63. The van der Waals surface area contributed by atoms with E-state index in [0.29, 0.717) is 0 Å². The van der Waals surface area contributed by atoms with Gasteiger partial charge in [-0.15, -0.1) is 0 Å². The molecule has 94 valence electrons. The average molecular weight is 309 g/mol. The Balaban J connectivity index is 3.27. The van der Waals surface area contributed by atoms with Gasteiger partial charge in [0.05, 0.1) is 4.47 Å². The van der Waals surface area contributed by atoms with Gasteiger partial charge in [-0.1, -0.05) is 0 Å². The summed E-state index contributed by atoms with van der Waals surface area (Å²) in [6.45, 7) is 4.73. The van der Waals surface area contributed by atoms with Crippen molar-refractivity contribution in [2.24, 2.45) is 0 Å². The molecule has 0 saturated carbocycles. The number of aromatic hydroxyl groups is 1. The van der Waals surface area contributed by atoms with Crippen LogP contribution in [0.2, 0.25) is 0 Å². The zero-order chi connectivity index (χ0) is 13.4. The highest BCUT2D eigenvalue weighted by Gasteiger charge is 2.27. The monoisotopic (exact) mass is 308 g/mol. The van der Waals surface area contributed by atoms with Gasteiger partial charge in [-0.25, -0.2) is 13.6 Å². The van der Waals surface area contributed by atoms with Gasteiger partial charge in [0.1, 0.15) is 16.9 Å². The lowest BCUT2D eigenvalue weighted by Gasteiger charge is -2.20. The van der Waals surface area contributed by atoms with Crippen LogP contribution in [0.1, 0.15) is 31.1 Å². The molecule has 0 amide bonds. The van der Waals surface area contributed by atoms with Crippen LogP contribution in [0.4, 0.5) is 8.78 Å². The number of carbonyl (C=O) groups excluding carboxylic acids is 1. The highest BCUT2D eigenvalue weighted by molar-refractivity contribution is 9.10. The first-order valence-corrected chi connectivity index (χ1v) is 5.52. The number of rotatable bonds is 1. The minimum atomic E-state index is -1.43. The van der Waals surface area contributed by atoms with E-state index in [9.17, 15) is 18.7 Å². The third kappa shape index (κ3) is 3.15. The third-order valence-corrected chi connectivity index (χ3v) is 2.35. The van der Waals surface area contributed by atoms with E-state index in [0.717, 1.165) is 6.07 Å². The largest absolute Gasteiger partial charge is 0.506 e. The van der Waals surface area contributed by atoms with Crippen LogP contribution in [-0.4, -0.2) is 16.7 Å². The molecule has 1 aromatic carbocycles. The summed E-state index contributed by atoms with van der Waals surface area (Å²) in [4.78, 5) is 11.6. The number of hydrogen-bond acceptors (Lipinski definition) is 3. The Morgan fingerprint density at radius 1 is 1.41 bits per heavy atom. The number of esters is 1. The minimum absolute atomic E-state index is 0.114. The van der Waals surface area contributed by atoms with Crippen LogP contribution in [0.25, 0.3) is 0 Å². The second kappa shape index (κ2) is 4.60. The number of ether oxygens (including phenoxy) is 1. The maximum atomic E-state index is 13.4. The van der Waals surface area contributed by atoms with Crippen molar-refractivity contribution in [3.63, 3.8) is 0 Å². The molecule has 0 saturated heterocycles. The number of carbonyl (C=O) groups is 1. The van der Waals surface area contributed by atoms with Crippen LogP contribution in [0.15, 0.2) is 10.5 Å². The second-order valence-electron chi connectivity index (χ2n) is 4.38. The van der Waals surface area contributed by atoms with Gasteiger partial charge < -0.3 is 9.84 Å². The molecule has 0 spiro atoms. The van der Waals surface area contributed by atoms with Gasteiger partial charge in [-0.05, 0) is 42.8 Å². The van der Waals surface area contributed by atoms with E-state index >= 15 is 0 Å². The van der Waals surface area contributed by atoms with Crippen molar-refractivity contribution in [3.05, 3.63) is 27.7 Å². The number of halogens is 3. The predicted octanol–water partition coefficient (Wildman–Crippen LogP) is 3.39. The number of hydrogen-bond donors (Lipinski definition) is 1. The maximum absolute atomic E-state index is 13.4. The molecule has 3 nitrogen and oxygen atoms in total. The molecule has 0 radical (unpaired) electrons. The van der Waals surface area contributed by atoms with Gasteiger partial charge in [-0.2, -0.15) is 0 Å². The molecule has 0 atom stereocenters. The Morgan fingerprint density at radius 2 is 1.94 bits per heavy atom. The highest BCUT2D eigenvalue weighted by atomic mass is 79.9. The lowest BCUT2D eigenvalue weighted by molar-refractivity contribution is 0.00605. The highest BCUT2D eigenvalue weighted by Crippen LogP contribution is 2.32. The standard InChI is InChI=1S/C11H11BrF2O3/c1-11(2,3)17-10(16)7-8(14)6(13)4-5(12)9(7)15/h4,15H,1-3H3. The summed E-state index contributed by atoms with van der Waals surface area (Å²) in [5, 5.41) is 9.52. The fourth-order valence-electron chi connectivity index (χ4n) is 1.10. The van der Waals surface area contributed by atoms with E-state index < -0.39 is 34.5 Å². The maximum Gasteiger partial charge on any atom is 0.345 e. The van der Waals surface area contributed by atoms with Crippen LogP contribution in [0.5, 0.6) is 5.75 Å². The topological polar surface area (TPSA) is 46.5 Å². The molecule has 0 aliphatic rings. The van der Waals surface area contributed by atoms with E-state index in [-0.39, 0.29) is 4.47 Å². The van der Waals surface area contributed by atoms with Gasteiger partial charge in [0, 0.05) is 0 Å². The van der Waals surface area contributed by atoms with Crippen molar-refractivity contribution in [2.75, 3.05) is 0 Å². The minimum Gasteiger partial charge on any atom is -0.506 e. The first-order valence-electron chi connectivity index (χ1n) is 4.73. The quantitative estimate of drug-likeness (QED) is 0.639. The Kier molecular flexibility index (Phi) is 3.76.